The second-order valence-electron chi connectivity index (χ2n) is 5.75. The van der Waals surface area contributed by atoms with Gasteiger partial charge in [-0.05, 0) is 31.2 Å². The second-order valence-corrected chi connectivity index (χ2v) is 5.75. The van der Waals surface area contributed by atoms with Crippen molar-refractivity contribution in [1.82, 2.24) is 20.6 Å². The normalized spacial score (nSPS) is 10.5. The van der Waals surface area contributed by atoms with E-state index in [4.69, 9.17) is 0 Å². The van der Waals surface area contributed by atoms with Gasteiger partial charge in [0.05, 0.1) is 10.8 Å². The molecule has 0 saturated heterocycles. The molecule has 8 nitrogen and oxygen atoms in total. The minimum Gasteiger partial charge on any atom is -0.271 e. The average molecular weight is 352 g/mol. The summed E-state index contributed by atoms with van der Waals surface area (Å²) in [6, 6.07) is 13.1. The molecule has 0 unspecified atom stereocenters. The van der Waals surface area contributed by atoms with E-state index in [0.29, 0.717) is 5.56 Å². The quantitative estimate of drug-likeness (QED) is 0.594. The molecule has 0 radical (unpaired) electrons. The summed E-state index contributed by atoms with van der Waals surface area (Å²) in [7, 11) is 0. The molecule has 0 atom stereocenters. The van der Waals surface area contributed by atoms with Gasteiger partial charge in [0.1, 0.15) is 6.54 Å². The number of fused-ring (bicyclic) bond motifs is 1. The van der Waals surface area contributed by atoms with Crippen molar-refractivity contribution in [2.45, 2.75) is 13.5 Å². The lowest BCUT2D eigenvalue weighted by atomic mass is 10.1. The number of aryl methyl sites for hydroxylation is 1. The van der Waals surface area contributed by atoms with E-state index in [9.17, 15) is 19.2 Å². The highest BCUT2D eigenvalue weighted by Crippen LogP contribution is 2.03. The molecular formula is C18H16N4O4. The number of aromatic amines is 1. The summed E-state index contributed by atoms with van der Waals surface area (Å²) in [4.78, 5) is 48.3. The first-order chi connectivity index (χ1) is 12.5. The lowest BCUT2D eigenvalue weighted by molar-refractivity contribution is -0.122. The molecule has 0 aliphatic carbocycles. The van der Waals surface area contributed by atoms with Gasteiger partial charge in [-0.2, -0.15) is 0 Å². The zero-order chi connectivity index (χ0) is 18.7. The minimum absolute atomic E-state index is 0.216. The van der Waals surface area contributed by atoms with Crippen LogP contribution in [0.2, 0.25) is 0 Å². The molecule has 26 heavy (non-hydrogen) atoms. The van der Waals surface area contributed by atoms with Gasteiger partial charge in [-0.25, -0.2) is 4.68 Å². The molecule has 2 amide bonds. The van der Waals surface area contributed by atoms with Gasteiger partial charge in [0, 0.05) is 5.56 Å². The van der Waals surface area contributed by atoms with Crippen molar-refractivity contribution in [2.75, 3.05) is 0 Å². The third-order valence-corrected chi connectivity index (χ3v) is 3.81. The highest BCUT2D eigenvalue weighted by molar-refractivity contribution is 5.95. The number of benzene rings is 2. The van der Waals surface area contributed by atoms with Crippen LogP contribution in [0, 0.1) is 6.92 Å². The molecule has 0 spiro atoms. The smallest absolute Gasteiger partial charge is 0.271 e. The monoisotopic (exact) mass is 352 g/mol. The van der Waals surface area contributed by atoms with E-state index in [1.54, 1.807) is 36.4 Å². The Morgan fingerprint density at radius 2 is 1.62 bits per heavy atom. The van der Waals surface area contributed by atoms with E-state index in [1.165, 1.54) is 12.1 Å². The van der Waals surface area contributed by atoms with Crippen LogP contribution in [0.3, 0.4) is 0 Å². The van der Waals surface area contributed by atoms with Crippen molar-refractivity contribution < 1.29 is 9.59 Å². The van der Waals surface area contributed by atoms with Crippen molar-refractivity contribution in [3.63, 3.8) is 0 Å². The van der Waals surface area contributed by atoms with Crippen molar-refractivity contribution in [2.24, 2.45) is 0 Å². The largest absolute Gasteiger partial charge is 0.273 e. The van der Waals surface area contributed by atoms with Gasteiger partial charge in [0.15, 0.2) is 0 Å². The van der Waals surface area contributed by atoms with Gasteiger partial charge < -0.3 is 0 Å². The standard InChI is InChI=1S/C18H16N4O4/c1-11-6-8-12(9-7-11)16(24)20-19-15(23)10-22-18(26)14-5-3-2-4-13(14)17(25)21-22/h2-9H,10H2,1H3,(H,19,23)(H,20,24)(H,21,25). The third kappa shape index (κ3) is 3.54. The first-order valence-electron chi connectivity index (χ1n) is 7.83. The molecule has 132 valence electrons. The summed E-state index contributed by atoms with van der Waals surface area (Å²) >= 11 is 0. The molecule has 3 N–H and O–H groups in total. The lowest BCUT2D eigenvalue weighted by Crippen LogP contribution is -2.45. The predicted molar refractivity (Wildman–Crippen MR) is 95.6 cm³/mol. The zero-order valence-corrected chi connectivity index (χ0v) is 13.9. The minimum atomic E-state index is -0.654. The first kappa shape index (κ1) is 17.2. The van der Waals surface area contributed by atoms with Crippen LogP contribution in [0.5, 0.6) is 0 Å². The summed E-state index contributed by atoms with van der Waals surface area (Å²) in [5.41, 5.74) is 4.89. The molecule has 0 aliphatic rings. The van der Waals surface area contributed by atoms with Gasteiger partial charge in [0.25, 0.3) is 22.9 Å². The Bertz CT molecular complexity index is 1100. The van der Waals surface area contributed by atoms with Crippen LogP contribution in [-0.4, -0.2) is 21.6 Å². The molecule has 0 saturated carbocycles. The summed E-state index contributed by atoms with van der Waals surface area (Å²) in [5.74, 6) is -1.14. The SMILES string of the molecule is Cc1ccc(C(=O)NNC(=O)Cn2[nH]c(=O)c3ccccc3c2=O)cc1. The number of amides is 2. The molecule has 8 heteroatoms. The van der Waals surface area contributed by atoms with E-state index in [0.717, 1.165) is 10.2 Å². The Morgan fingerprint density at radius 3 is 2.31 bits per heavy atom. The summed E-state index contributed by atoms with van der Waals surface area (Å²) in [5, 5.41) is 2.82. The zero-order valence-electron chi connectivity index (χ0n) is 13.9. The highest BCUT2D eigenvalue weighted by Gasteiger charge is 2.11. The van der Waals surface area contributed by atoms with Gasteiger partial charge in [0.2, 0.25) is 0 Å². The van der Waals surface area contributed by atoms with Crippen LogP contribution in [0.4, 0.5) is 0 Å². The first-order valence-corrected chi connectivity index (χ1v) is 7.83. The maximum absolute atomic E-state index is 12.3. The number of hydrogen-bond acceptors (Lipinski definition) is 4. The Morgan fingerprint density at radius 1 is 0.962 bits per heavy atom. The molecule has 0 fully saturated rings. The molecule has 3 aromatic rings. The summed E-state index contributed by atoms with van der Waals surface area (Å²) in [6.07, 6.45) is 0. The molecule has 3 rings (SSSR count). The fourth-order valence-corrected chi connectivity index (χ4v) is 2.44. The maximum Gasteiger partial charge on any atom is 0.273 e. The number of nitrogens with one attached hydrogen (secondary N) is 3. The predicted octanol–water partition coefficient (Wildman–Crippen LogP) is 0.459. The van der Waals surface area contributed by atoms with Crippen LogP contribution in [0.25, 0.3) is 10.8 Å². The van der Waals surface area contributed by atoms with E-state index in [1.807, 2.05) is 6.92 Å². The Balaban J connectivity index is 1.70. The Labute approximate surface area is 147 Å². The Hall–Kier alpha value is -3.68. The van der Waals surface area contributed by atoms with Crippen molar-refractivity contribution >= 4 is 22.6 Å². The van der Waals surface area contributed by atoms with Crippen LogP contribution >= 0.6 is 0 Å². The van der Waals surface area contributed by atoms with E-state index < -0.39 is 29.5 Å². The van der Waals surface area contributed by atoms with Crippen molar-refractivity contribution in [3.8, 4) is 0 Å². The summed E-state index contributed by atoms with van der Waals surface area (Å²) < 4.78 is 0.901. The van der Waals surface area contributed by atoms with Crippen LogP contribution in [0.15, 0.2) is 58.1 Å². The molecule has 1 heterocycles. The number of nitrogens with zero attached hydrogens (tertiary/aromatic N) is 1. The van der Waals surface area contributed by atoms with E-state index >= 15 is 0 Å². The fraction of sp³-hybridized carbons (Fsp3) is 0.111. The lowest BCUT2D eigenvalue weighted by Gasteiger charge is -2.09. The van der Waals surface area contributed by atoms with Gasteiger partial charge in [-0.1, -0.05) is 29.8 Å². The number of rotatable bonds is 3. The topological polar surface area (TPSA) is 113 Å². The maximum atomic E-state index is 12.3. The van der Waals surface area contributed by atoms with Gasteiger partial charge >= 0.3 is 0 Å². The number of aromatic nitrogens is 2. The van der Waals surface area contributed by atoms with Crippen LogP contribution in [0.1, 0.15) is 15.9 Å². The number of hydrazine groups is 1. The van der Waals surface area contributed by atoms with E-state index in [-0.39, 0.29) is 10.8 Å². The van der Waals surface area contributed by atoms with Crippen LogP contribution in [-0.2, 0) is 11.3 Å². The average Bonchev–Trinajstić information content (AvgIpc) is 2.64. The summed E-state index contributed by atoms with van der Waals surface area (Å²) in [6.45, 7) is 1.46. The number of carbonyl (C=O) groups excluding carboxylic acids is 2. The third-order valence-electron chi connectivity index (χ3n) is 3.81. The van der Waals surface area contributed by atoms with Gasteiger partial charge in [-0.15, -0.1) is 0 Å². The molecular weight excluding hydrogens is 336 g/mol. The number of carbonyl (C=O) groups is 2. The Kier molecular flexibility index (Phi) is 4.66. The van der Waals surface area contributed by atoms with Crippen LogP contribution < -0.4 is 22.0 Å². The number of H-pyrrole nitrogens is 1. The van der Waals surface area contributed by atoms with Crippen molar-refractivity contribution in [3.05, 3.63) is 80.4 Å². The van der Waals surface area contributed by atoms with Crippen molar-refractivity contribution in [1.29, 1.82) is 0 Å². The number of hydrogen-bond donors (Lipinski definition) is 3. The highest BCUT2D eigenvalue weighted by atomic mass is 16.2. The molecule has 1 aromatic heterocycles. The fourth-order valence-electron chi connectivity index (χ4n) is 2.44. The molecule has 0 bridgehead atoms. The molecule has 2 aromatic carbocycles. The van der Waals surface area contributed by atoms with Gasteiger partial charge in [-0.3, -0.25) is 35.1 Å². The second kappa shape index (κ2) is 7.06. The van der Waals surface area contributed by atoms with E-state index in [2.05, 4.69) is 16.0 Å². The molecule has 0 aliphatic heterocycles.